The lowest BCUT2D eigenvalue weighted by Crippen LogP contribution is -2.40. The topological polar surface area (TPSA) is 6.48 Å². The first-order valence-electron chi connectivity index (χ1n) is 7.42. The minimum Gasteiger partial charge on any atom is -0.299 e. The third kappa shape index (κ3) is 2.93. The smallest absolute Gasteiger partial charge is 0.0235 e. The molecule has 1 unspecified atom stereocenters. The van der Waals surface area contributed by atoms with Crippen LogP contribution in [0.1, 0.15) is 31.2 Å². The Kier molecular flexibility index (Phi) is 3.96. The van der Waals surface area contributed by atoms with Gasteiger partial charge in [0.05, 0.1) is 0 Å². The number of piperidine rings is 1. The molecule has 0 saturated carbocycles. The molecule has 0 bridgehead atoms. The summed E-state index contributed by atoms with van der Waals surface area (Å²) >= 11 is 0. The van der Waals surface area contributed by atoms with E-state index in [-0.39, 0.29) is 0 Å². The standard InChI is InChI=1S/C16H24N2/c1-3-7-15(8-4-1)13-17-12-9-16(14-17)18-10-5-2-6-11-18/h1,3-4,7-8,16H,2,5-6,9-14H2. The lowest BCUT2D eigenvalue weighted by atomic mass is 10.1. The largest absolute Gasteiger partial charge is 0.299 e. The van der Waals surface area contributed by atoms with Gasteiger partial charge in [-0.15, -0.1) is 0 Å². The summed E-state index contributed by atoms with van der Waals surface area (Å²) in [6.07, 6.45) is 5.63. The highest BCUT2D eigenvalue weighted by atomic mass is 15.3. The second-order valence-electron chi connectivity index (χ2n) is 5.76. The van der Waals surface area contributed by atoms with Crippen LogP contribution in [0, 0.1) is 0 Å². The van der Waals surface area contributed by atoms with E-state index in [1.807, 2.05) is 0 Å². The molecule has 2 aliphatic heterocycles. The summed E-state index contributed by atoms with van der Waals surface area (Å²) in [5.41, 5.74) is 1.46. The monoisotopic (exact) mass is 244 g/mol. The average molecular weight is 244 g/mol. The van der Waals surface area contributed by atoms with E-state index in [9.17, 15) is 0 Å². The van der Waals surface area contributed by atoms with Gasteiger partial charge in [-0.2, -0.15) is 0 Å². The lowest BCUT2D eigenvalue weighted by Gasteiger charge is -2.32. The van der Waals surface area contributed by atoms with Gasteiger partial charge in [0, 0.05) is 25.7 Å². The first-order chi connectivity index (χ1) is 8.92. The second-order valence-corrected chi connectivity index (χ2v) is 5.76. The zero-order valence-electron chi connectivity index (χ0n) is 11.2. The van der Waals surface area contributed by atoms with E-state index >= 15 is 0 Å². The Labute approximate surface area is 111 Å². The normalized spacial score (nSPS) is 26.6. The molecule has 0 radical (unpaired) electrons. The Morgan fingerprint density at radius 2 is 1.72 bits per heavy atom. The lowest BCUT2D eigenvalue weighted by molar-refractivity contribution is 0.161. The SMILES string of the molecule is c1ccc(CN2CCC(N3CCCCC3)C2)cc1. The summed E-state index contributed by atoms with van der Waals surface area (Å²) in [6, 6.07) is 11.7. The van der Waals surface area contributed by atoms with Gasteiger partial charge in [0.25, 0.3) is 0 Å². The van der Waals surface area contributed by atoms with Crippen LogP contribution >= 0.6 is 0 Å². The summed E-state index contributed by atoms with van der Waals surface area (Å²) in [6.45, 7) is 6.35. The zero-order valence-corrected chi connectivity index (χ0v) is 11.2. The maximum Gasteiger partial charge on any atom is 0.0235 e. The highest BCUT2D eigenvalue weighted by Crippen LogP contribution is 2.21. The first-order valence-corrected chi connectivity index (χ1v) is 7.42. The summed E-state index contributed by atoms with van der Waals surface area (Å²) in [5.74, 6) is 0. The molecule has 2 fully saturated rings. The molecule has 2 heteroatoms. The third-order valence-electron chi connectivity index (χ3n) is 4.40. The predicted octanol–water partition coefficient (Wildman–Crippen LogP) is 2.75. The van der Waals surface area contributed by atoms with Gasteiger partial charge in [-0.1, -0.05) is 36.8 Å². The molecule has 1 aromatic carbocycles. The van der Waals surface area contributed by atoms with Gasteiger partial charge in [-0.05, 0) is 37.9 Å². The number of benzene rings is 1. The van der Waals surface area contributed by atoms with E-state index in [1.54, 1.807) is 0 Å². The quantitative estimate of drug-likeness (QED) is 0.806. The fourth-order valence-electron chi connectivity index (χ4n) is 3.38. The number of nitrogens with zero attached hydrogens (tertiary/aromatic N) is 2. The predicted molar refractivity (Wildman–Crippen MR) is 75.5 cm³/mol. The van der Waals surface area contributed by atoms with Crippen molar-refractivity contribution in [3.8, 4) is 0 Å². The van der Waals surface area contributed by atoms with Crippen molar-refractivity contribution in [1.29, 1.82) is 0 Å². The van der Waals surface area contributed by atoms with Crippen LogP contribution in [-0.4, -0.2) is 42.0 Å². The molecule has 1 aromatic rings. The Bertz CT molecular complexity index is 357. The molecule has 18 heavy (non-hydrogen) atoms. The van der Waals surface area contributed by atoms with Crippen molar-refractivity contribution in [2.75, 3.05) is 26.2 Å². The summed E-state index contributed by atoms with van der Waals surface area (Å²) in [4.78, 5) is 5.35. The number of hydrogen-bond donors (Lipinski definition) is 0. The van der Waals surface area contributed by atoms with Crippen LogP contribution in [0.25, 0.3) is 0 Å². The van der Waals surface area contributed by atoms with Crippen LogP contribution in [0.5, 0.6) is 0 Å². The average Bonchev–Trinajstić information content (AvgIpc) is 2.89. The van der Waals surface area contributed by atoms with E-state index in [0.29, 0.717) is 0 Å². The van der Waals surface area contributed by atoms with Crippen LogP contribution in [0.4, 0.5) is 0 Å². The van der Waals surface area contributed by atoms with Gasteiger partial charge >= 0.3 is 0 Å². The van der Waals surface area contributed by atoms with Crippen molar-refractivity contribution in [3.05, 3.63) is 35.9 Å². The zero-order chi connectivity index (χ0) is 12.2. The van der Waals surface area contributed by atoms with Gasteiger partial charge in [0.2, 0.25) is 0 Å². The fourth-order valence-corrected chi connectivity index (χ4v) is 3.38. The van der Waals surface area contributed by atoms with Crippen LogP contribution < -0.4 is 0 Å². The van der Waals surface area contributed by atoms with Crippen molar-refractivity contribution in [2.24, 2.45) is 0 Å². The van der Waals surface area contributed by atoms with E-state index in [1.165, 1.54) is 57.4 Å². The molecular weight excluding hydrogens is 220 g/mol. The molecule has 3 rings (SSSR count). The number of rotatable bonds is 3. The molecular formula is C16H24N2. The molecule has 2 heterocycles. The molecule has 0 N–H and O–H groups in total. The highest BCUT2D eigenvalue weighted by molar-refractivity contribution is 5.14. The van der Waals surface area contributed by atoms with Crippen molar-refractivity contribution in [3.63, 3.8) is 0 Å². The molecule has 0 spiro atoms. The fraction of sp³-hybridized carbons (Fsp3) is 0.625. The molecule has 2 aliphatic rings. The molecule has 0 amide bonds. The summed E-state index contributed by atoms with van der Waals surface area (Å²) in [7, 11) is 0. The Balaban J connectivity index is 1.52. The highest BCUT2D eigenvalue weighted by Gasteiger charge is 2.28. The van der Waals surface area contributed by atoms with E-state index in [2.05, 4.69) is 40.1 Å². The second kappa shape index (κ2) is 5.85. The molecule has 2 saturated heterocycles. The Morgan fingerprint density at radius 3 is 2.50 bits per heavy atom. The minimum atomic E-state index is 0.828. The van der Waals surface area contributed by atoms with Gasteiger partial charge in [-0.3, -0.25) is 9.80 Å². The van der Waals surface area contributed by atoms with Gasteiger partial charge in [-0.25, -0.2) is 0 Å². The number of likely N-dealkylation sites (tertiary alicyclic amines) is 2. The van der Waals surface area contributed by atoms with Gasteiger partial charge in [0.15, 0.2) is 0 Å². The van der Waals surface area contributed by atoms with Crippen molar-refractivity contribution < 1.29 is 0 Å². The van der Waals surface area contributed by atoms with Crippen LogP contribution in [-0.2, 0) is 6.54 Å². The van der Waals surface area contributed by atoms with E-state index < -0.39 is 0 Å². The van der Waals surface area contributed by atoms with Gasteiger partial charge < -0.3 is 0 Å². The molecule has 98 valence electrons. The maximum atomic E-state index is 2.73. The molecule has 1 atom stereocenters. The van der Waals surface area contributed by atoms with Crippen molar-refractivity contribution >= 4 is 0 Å². The van der Waals surface area contributed by atoms with Gasteiger partial charge in [0.1, 0.15) is 0 Å². The first kappa shape index (κ1) is 12.2. The van der Waals surface area contributed by atoms with Crippen LogP contribution in [0.2, 0.25) is 0 Å². The van der Waals surface area contributed by atoms with Crippen LogP contribution in [0.3, 0.4) is 0 Å². The van der Waals surface area contributed by atoms with E-state index in [0.717, 1.165) is 12.6 Å². The number of hydrogen-bond acceptors (Lipinski definition) is 2. The van der Waals surface area contributed by atoms with E-state index in [4.69, 9.17) is 0 Å². The maximum absolute atomic E-state index is 2.73. The minimum absolute atomic E-state index is 0.828. The molecule has 0 aliphatic carbocycles. The summed E-state index contributed by atoms with van der Waals surface area (Å²) in [5, 5.41) is 0. The Hall–Kier alpha value is -0.860. The third-order valence-corrected chi connectivity index (χ3v) is 4.40. The van der Waals surface area contributed by atoms with Crippen molar-refractivity contribution in [2.45, 2.75) is 38.3 Å². The Morgan fingerprint density at radius 1 is 0.944 bits per heavy atom. The van der Waals surface area contributed by atoms with Crippen molar-refractivity contribution in [1.82, 2.24) is 9.80 Å². The summed E-state index contributed by atoms with van der Waals surface area (Å²) < 4.78 is 0. The van der Waals surface area contributed by atoms with Crippen LogP contribution in [0.15, 0.2) is 30.3 Å². The molecule has 0 aromatic heterocycles. The molecule has 2 nitrogen and oxygen atoms in total.